The lowest BCUT2D eigenvalue weighted by Gasteiger charge is -2.11. The van der Waals surface area contributed by atoms with Gasteiger partial charge in [-0.1, -0.05) is 0 Å². The SMILES string of the molecule is CCn1cc[n+](COCCOCCOCCOC)c1OB(OC(=O)C(=O)O)OC(=O)C(=O)O. The fraction of sp³-hybridized carbons (Fsp3) is 0.588. The molecule has 33 heavy (non-hydrogen) atoms. The number of carboxylic acid groups (broad SMARTS) is 2. The predicted octanol–water partition coefficient (Wildman–Crippen LogP) is -1.93. The number of nitrogens with zero attached hydrogens (tertiary/aromatic N) is 2. The van der Waals surface area contributed by atoms with Gasteiger partial charge in [0.1, 0.15) is 12.4 Å². The van der Waals surface area contributed by atoms with Gasteiger partial charge in [0.15, 0.2) is 6.73 Å². The van der Waals surface area contributed by atoms with Gasteiger partial charge in [0.2, 0.25) is 0 Å². The first-order valence-corrected chi connectivity index (χ1v) is 9.65. The molecular formula is C17H26BN2O13+. The van der Waals surface area contributed by atoms with E-state index in [1.165, 1.54) is 15.3 Å². The van der Waals surface area contributed by atoms with Crippen LogP contribution < -0.4 is 9.22 Å². The smallest absolute Gasteiger partial charge is 0.473 e. The highest BCUT2D eigenvalue weighted by atomic mass is 16.8. The van der Waals surface area contributed by atoms with Crippen molar-refractivity contribution in [2.45, 2.75) is 20.2 Å². The molecule has 2 N–H and O–H groups in total. The first kappa shape index (κ1) is 27.8. The number of ether oxygens (including phenoxy) is 4. The van der Waals surface area contributed by atoms with Crippen molar-refractivity contribution < 1.29 is 66.9 Å². The van der Waals surface area contributed by atoms with Crippen LogP contribution in [-0.4, -0.2) is 92.7 Å². The Hall–Kier alpha value is -3.21. The summed E-state index contributed by atoms with van der Waals surface area (Å²) in [5.41, 5.74) is 0. The van der Waals surface area contributed by atoms with Crippen molar-refractivity contribution in [3.63, 3.8) is 0 Å². The van der Waals surface area contributed by atoms with Gasteiger partial charge in [-0.05, 0) is 6.92 Å². The van der Waals surface area contributed by atoms with Crippen molar-refractivity contribution in [2.75, 3.05) is 46.8 Å². The molecule has 0 amide bonds. The Labute approximate surface area is 188 Å². The minimum atomic E-state index is -2.27. The maximum atomic E-state index is 11.3. The van der Waals surface area contributed by atoms with Gasteiger partial charge < -0.3 is 43.1 Å². The molecule has 16 heteroatoms. The lowest BCUT2D eigenvalue weighted by Crippen LogP contribution is -2.44. The maximum Gasteiger partial charge on any atom is 0.873 e. The molecule has 0 saturated heterocycles. The summed E-state index contributed by atoms with van der Waals surface area (Å²) in [5.74, 6) is -7.64. The Morgan fingerprint density at radius 1 is 0.909 bits per heavy atom. The van der Waals surface area contributed by atoms with Crippen LogP contribution in [0.2, 0.25) is 0 Å². The summed E-state index contributed by atoms with van der Waals surface area (Å²) in [5, 5.41) is 17.3. The molecule has 15 nitrogen and oxygen atoms in total. The second kappa shape index (κ2) is 15.6. The van der Waals surface area contributed by atoms with E-state index in [-0.39, 0.29) is 26.0 Å². The third-order valence-corrected chi connectivity index (χ3v) is 3.62. The molecule has 0 saturated carbocycles. The Balaban J connectivity index is 2.64. The second-order valence-corrected chi connectivity index (χ2v) is 5.92. The molecule has 0 aliphatic carbocycles. The van der Waals surface area contributed by atoms with Crippen LogP contribution in [0.25, 0.3) is 0 Å². The van der Waals surface area contributed by atoms with E-state index >= 15 is 0 Å². The molecule has 0 radical (unpaired) electrons. The highest BCUT2D eigenvalue weighted by molar-refractivity contribution is 6.50. The minimum Gasteiger partial charge on any atom is -0.473 e. The van der Waals surface area contributed by atoms with Crippen molar-refractivity contribution in [2.24, 2.45) is 0 Å². The average molecular weight is 477 g/mol. The van der Waals surface area contributed by atoms with Crippen LogP contribution in [0.4, 0.5) is 0 Å². The van der Waals surface area contributed by atoms with Crippen LogP contribution >= 0.6 is 0 Å². The molecule has 0 fully saturated rings. The van der Waals surface area contributed by atoms with Gasteiger partial charge in [0, 0.05) is 7.11 Å². The molecule has 0 aromatic carbocycles. The summed E-state index contributed by atoms with van der Waals surface area (Å²) >= 11 is 0. The molecular weight excluding hydrogens is 451 g/mol. The van der Waals surface area contributed by atoms with Crippen molar-refractivity contribution in [3.05, 3.63) is 12.4 Å². The summed E-state index contributed by atoms with van der Waals surface area (Å²) in [6.45, 7) is 4.23. The number of carbonyl (C=O) groups is 4. The lowest BCUT2D eigenvalue weighted by molar-refractivity contribution is -0.734. The van der Waals surface area contributed by atoms with E-state index in [4.69, 9.17) is 33.8 Å². The summed E-state index contributed by atoms with van der Waals surface area (Å²) in [6.07, 6.45) is 3.08. The highest BCUT2D eigenvalue weighted by Gasteiger charge is 2.42. The highest BCUT2D eigenvalue weighted by Crippen LogP contribution is 2.09. The fourth-order valence-corrected chi connectivity index (χ4v) is 2.11. The van der Waals surface area contributed by atoms with Crippen LogP contribution in [0.1, 0.15) is 6.92 Å². The van der Waals surface area contributed by atoms with Crippen molar-refractivity contribution in [3.8, 4) is 6.01 Å². The Morgan fingerprint density at radius 2 is 1.42 bits per heavy atom. The van der Waals surface area contributed by atoms with Gasteiger partial charge in [-0.25, -0.2) is 19.2 Å². The van der Waals surface area contributed by atoms with Gasteiger partial charge in [-0.15, -0.1) is 0 Å². The molecule has 0 atom stereocenters. The summed E-state index contributed by atoms with van der Waals surface area (Å²) in [4.78, 5) is 44.1. The van der Waals surface area contributed by atoms with Crippen LogP contribution in [0.3, 0.4) is 0 Å². The van der Waals surface area contributed by atoms with Crippen molar-refractivity contribution >= 4 is 31.2 Å². The molecule has 184 valence electrons. The van der Waals surface area contributed by atoms with E-state index in [0.717, 1.165) is 0 Å². The molecule has 1 aromatic rings. The number of hydrogen-bond donors (Lipinski definition) is 2. The molecule has 0 aliphatic rings. The van der Waals surface area contributed by atoms with Crippen LogP contribution in [0, 0.1) is 0 Å². The van der Waals surface area contributed by atoms with E-state index in [1.54, 1.807) is 20.2 Å². The molecule has 0 aliphatic heterocycles. The number of aliphatic carboxylic acids is 2. The number of methoxy groups -OCH3 is 1. The topological polar surface area (TPSA) is 182 Å². The van der Waals surface area contributed by atoms with Crippen molar-refractivity contribution in [1.29, 1.82) is 0 Å². The van der Waals surface area contributed by atoms with Crippen molar-refractivity contribution in [1.82, 2.24) is 4.57 Å². The molecule has 0 unspecified atom stereocenters. The van der Waals surface area contributed by atoms with E-state index in [1.807, 2.05) is 0 Å². The van der Waals surface area contributed by atoms with Gasteiger partial charge in [0.25, 0.3) is 0 Å². The van der Waals surface area contributed by atoms with Crippen LogP contribution in [-0.2, 0) is 60.7 Å². The number of carboxylic acids is 2. The maximum absolute atomic E-state index is 11.3. The quantitative estimate of drug-likeness (QED) is 0.116. The Kier molecular flexibility index (Phi) is 13.1. The third-order valence-electron chi connectivity index (χ3n) is 3.62. The molecule has 1 rings (SSSR count). The molecule has 1 heterocycles. The zero-order valence-electron chi connectivity index (χ0n) is 18.2. The third kappa shape index (κ3) is 10.8. The normalized spacial score (nSPS) is 10.5. The van der Waals surface area contributed by atoms with E-state index in [9.17, 15) is 19.2 Å². The first-order valence-electron chi connectivity index (χ1n) is 9.65. The number of carbonyl (C=O) groups excluding carboxylic acids is 2. The zero-order valence-corrected chi connectivity index (χ0v) is 18.2. The first-order chi connectivity index (χ1) is 15.8. The number of imidazole rings is 1. The minimum absolute atomic E-state index is 0.0636. The predicted molar refractivity (Wildman–Crippen MR) is 104 cm³/mol. The van der Waals surface area contributed by atoms with Gasteiger partial charge in [-0.2, -0.15) is 9.13 Å². The summed E-state index contributed by atoms with van der Waals surface area (Å²) < 4.78 is 37.8. The summed E-state index contributed by atoms with van der Waals surface area (Å²) in [7, 11) is -0.698. The van der Waals surface area contributed by atoms with Crippen LogP contribution in [0.5, 0.6) is 6.01 Å². The number of hydrogen-bond acceptors (Lipinski definition) is 11. The monoisotopic (exact) mass is 477 g/mol. The second-order valence-electron chi connectivity index (χ2n) is 5.92. The standard InChI is InChI=1S/C17H25BN2O13/c1-3-19-4-5-20(12-30-11-10-29-9-8-28-7-6-27-2)17(19)33-18(31-15(25)13(21)22)32-16(26)14(23)24/h4-5H,3,6-12H2,1-2H3,(H-,21,22,23,24)/p+1. The number of aryl methyl sites for hydroxylation is 1. The zero-order chi connectivity index (χ0) is 24.6. The Morgan fingerprint density at radius 3 is 1.91 bits per heavy atom. The number of rotatable bonds is 16. The lowest BCUT2D eigenvalue weighted by atomic mass is 10.2. The Bertz CT molecular complexity index is 757. The molecule has 0 spiro atoms. The van der Waals surface area contributed by atoms with E-state index in [2.05, 4.69) is 9.31 Å². The fourth-order valence-electron chi connectivity index (χ4n) is 2.11. The van der Waals surface area contributed by atoms with E-state index in [0.29, 0.717) is 33.0 Å². The largest absolute Gasteiger partial charge is 0.873 e. The van der Waals surface area contributed by atoms with Gasteiger partial charge >= 0.3 is 37.2 Å². The molecule has 1 aromatic heterocycles. The molecule has 0 bridgehead atoms. The van der Waals surface area contributed by atoms with Crippen LogP contribution in [0.15, 0.2) is 12.4 Å². The van der Waals surface area contributed by atoms with E-state index < -0.39 is 31.2 Å². The van der Waals surface area contributed by atoms with Gasteiger partial charge in [-0.3, -0.25) is 0 Å². The summed E-state index contributed by atoms with van der Waals surface area (Å²) in [6, 6.07) is -0.0636. The van der Waals surface area contributed by atoms with Gasteiger partial charge in [0.05, 0.1) is 46.2 Å². The average Bonchev–Trinajstić information content (AvgIpc) is 3.16. The number of aromatic nitrogens is 2.